The van der Waals surface area contributed by atoms with Crippen molar-refractivity contribution in [3.05, 3.63) is 63.9 Å². The van der Waals surface area contributed by atoms with Gasteiger partial charge in [-0.2, -0.15) is 0 Å². The number of methoxy groups -OCH3 is 1. The first-order valence-corrected chi connectivity index (χ1v) is 6.53. The first-order chi connectivity index (χ1) is 9.69. The number of hydrogen-bond acceptors (Lipinski definition) is 2. The number of aromatic nitrogens is 1. The molecule has 4 heteroatoms. The Kier molecular flexibility index (Phi) is 3.20. The minimum absolute atomic E-state index is 0.199. The number of nitrogens with one attached hydrogen (secondary N) is 1. The molecule has 0 atom stereocenters. The molecule has 0 saturated carbocycles. The van der Waals surface area contributed by atoms with Crippen LogP contribution in [-0.4, -0.2) is 12.1 Å². The Morgan fingerprint density at radius 3 is 2.55 bits per heavy atom. The van der Waals surface area contributed by atoms with Crippen molar-refractivity contribution >= 4 is 22.5 Å². The summed E-state index contributed by atoms with van der Waals surface area (Å²) in [5.41, 5.74) is 2.47. The molecule has 2 aromatic carbocycles. The fraction of sp³-hybridized carbons (Fsp3) is 0.0625. The largest absolute Gasteiger partial charge is 0.497 e. The number of fused-ring (bicyclic) bond motifs is 1. The summed E-state index contributed by atoms with van der Waals surface area (Å²) in [4.78, 5) is 14.5. The zero-order valence-electron chi connectivity index (χ0n) is 10.8. The van der Waals surface area contributed by atoms with Crippen molar-refractivity contribution in [2.45, 2.75) is 0 Å². The molecule has 1 N–H and O–H groups in total. The van der Waals surface area contributed by atoms with E-state index in [1.54, 1.807) is 13.2 Å². The molecule has 0 aliphatic rings. The Labute approximate surface area is 120 Å². The molecule has 0 spiro atoms. The highest BCUT2D eigenvalue weighted by atomic mass is 35.5. The van der Waals surface area contributed by atoms with Gasteiger partial charge in [0.15, 0.2) is 0 Å². The molecule has 0 unspecified atom stereocenters. The Hall–Kier alpha value is -2.26. The van der Waals surface area contributed by atoms with E-state index in [1.165, 1.54) is 0 Å². The molecule has 0 bridgehead atoms. The average Bonchev–Trinajstić information content (AvgIpc) is 2.48. The van der Waals surface area contributed by atoms with Gasteiger partial charge in [-0.3, -0.25) is 4.79 Å². The SMILES string of the molecule is COc1ccc(-c2cccc3cc(Cl)c(=O)[nH]c23)cc1. The molecule has 0 saturated heterocycles. The average molecular weight is 286 g/mol. The lowest BCUT2D eigenvalue weighted by atomic mass is 10.0. The zero-order valence-corrected chi connectivity index (χ0v) is 11.6. The summed E-state index contributed by atoms with van der Waals surface area (Å²) in [6.45, 7) is 0. The normalized spacial score (nSPS) is 10.7. The standard InChI is InChI=1S/C16H12ClNO2/c1-20-12-7-5-10(6-8-12)13-4-2-3-11-9-14(17)16(19)18-15(11)13/h2-9H,1H3,(H,18,19). The first-order valence-electron chi connectivity index (χ1n) is 6.15. The van der Waals surface area contributed by atoms with E-state index in [4.69, 9.17) is 16.3 Å². The van der Waals surface area contributed by atoms with Gasteiger partial charge in [-0.1, -0.05) is 41.9 Å². The molecule has 0 fully saturated rings. The van der Waals surface area contributed by atoms with Crippen LogP contribution in [0, 0.1) is 0 Å². The summed E-state index contributed by atoms with van der Waals surface area (Å²) < 4.78 is 5.15. The molecule has 3 aromatic rings. The summed E-state index contributed by atoms with van der Waals surface area (Å²) in [5, 5.41) is 1.10. The van der Waals surface area contributed by atoms with E-state index in [9.17, 15) is 4.79 Å². The van der Waals surface area contributed by atoms with E-state index in [2.05, 4.69) is 4.98 Å². The van der Waals surface area contributed by atoms with Crippen molar-refractivity contribution in [3.8, 4) is 16.9 Å². The number of pyridine rings is 1. The van der Waals surface area contributed by atoms with Crippen molar-refractivity contribution in [2.24, 2.45) is 0 Å². The van der Waals surface area contributed by atoms with Crippen LogP contribution in [0.3, 0.4) is 0 Å². The van der Waals surface area contributed by atoms with Gasteiger partial charge < -0.3 is 9.72 Å². The third kappa shape index (κ3) is 2.17. The maximum atomic E-state index is 11.7. The summed E-state index contributed by atoms with van der Waals surface area (Å²) >= 11 is 5.87. The third-order valence-electron chi connectivity index (χ3n) is 3.24. The molecule has 20 heavy (non-hydrogen) atoms. The smallest absolute Gasteiger partial charge is 0.267 e. The second-order valence-electron chi connectivity index (χ2n) is 4.44. The molecule has 0 radical (unpaired) electrons. The monoisotopic (exact) mass is 285 g/mol. The molecular weight excluding hydrogens is 274 g/mol. The van der Waals surface area contributed by atoms with E-state index < -0.39 is 0 Å². The highest BCUT2D eigenvalue weighted by Crippen LogP contribution is 2.28. The maximum Gasteiger partial charge on any atom is 0.267 e. The number of para-hydroxylation sites is 1. The fourth-order valence-corrected chi connectivity index (χ4v) is 2.38. The van der Waals surface area contributed by atoms with Crippen LogP contribution in [0.1, 0.15) is 0 Å². The van der Waals surface area contributed by atoms with Crippen LogP contribution in [-0.2, 0) is 0 Å². The van der Waals surface area contributed by atoms with Gasteiger partial charge in [0, 0.05) is 10.9 Å². The number of H-pyrrole nitrogens is 1. The van der Waals surface area contributed by atoms with E-state index in [1.807, 2.05) is 42.5 Å². The molecule has 1 heterocycles. The summed E-state index contributed by atoms with van der Waals surface area (Å²) in [7, 11) is 1.63. The summed E-state index contributed by atoms with van der Waals surface area (Å²) in [6.07, 6.45) is 0. The van der Waals surface area contributed by atoms with Crippen LogP contribution in [0.4, 0.5) is 0 Å². The van der Waals surface area contributed by atoms with Crippen LogP contribution in [0.15, 0.2) is 53.3 Å². The Morgan fingerprint density at radius 2 is 1.85 bits per heavy atom. The fourth-order valence-electron chi connectivity index (χ4n) is 2.22. The van der Waals surface area contributed by atoms with Crippen molar-refractivity contribution < 1.29 is 4.74 Å². The highest BCUT2D eigenvalue weighted by molar-refractivity contribution is 6.31. The van der Waals surface area contributed by atoms with Crippen molar-refractivity contribution in [1.29, 1.82) is 0 Å². The highest BCUT2D eigenvalue weighted by Gasteiger charge is 2.07. The number of hydrogen-bond donors (Lipinski definition) is 1. The quantitative estimate of drug-likeness (QED) is 0.777. The molecule has 0 aliphatic heterocycles. The third-order valence-corrected chi connectivity index (χ3v) is 3.52. The van der Waals surface area contributed by atoms with Crippen LogP contribution < -0.4 is 10.3 Å². The van der Waals surface area contributed by atoms with Gasteiger partial charge >= 0.3 is 0 Å². The van der Waals surface area contributed by atoms with E-state index >= 15 is 0 Å². The Bertz CT molecular complexity index is 822. The summed E-state index contributed by atoms with van der Waals surface area (Å²) in [5.74, 6) is 0.797. The minimum atomic E-state index is -0.278. The first kappa shape index (κ1) is 12.8. The molecule has 0 amide bonds. The molecule has 1 aromatic heterocycles. The van der Waals surface area contributed by atoms with Gasteiger partial charge in [-0.05, 0) is 23.8 Å². The van der Waals surface area contributed by atoms with Crippen molar-refractivity contribution in [2.75, 3.05) is 7.11 Å². The van der Waals surface area contributed by atoms with Gasteiger partial charge in [0.05, 0.1) is 12.6 Å². The van der Waals surface area contributed by atoms with E-state index in [0.717, 1.165) is 27.8 Å². The van der Waals surface area contributed by atoms with Crippen LogP contribution >= 0.6 is 11.6 Å². The van der Waals surface area contributed by atoms with Gasteiger partial charge in [0.1, 0.15) is 10.8 Å². The molecule has 100 valence electrons. The van der Waals surface area contributed by atoms with Crippen LogP contribution in [0.25, 0.3) is 22.0 Å². The second-order valence-corrected chi connectivity index (χ2v) is 4.85. The van der Waals surface area contributed by atoms with Crippen LogP contribution in [0.5, 0.6) is 5.75 Å². The lowest BCUT2D eigenvalue weighted by Crippen LogP contribution is -2.06. The molecule has 3 nitrogen and oxygen atoms in total. The van der Waals surface area contributed by atoms with Gasteiger partial charge in [0.25, 0.3) is 5.56 Å². The van der Waals surface area contributed by atoms with Gasteiger partial charge in [0.2, 0.25) is 0 Å². The predicted molar refractivity (Wildman–Crippen MR) is 81.6 cm³/mol. The summed E-state index contributed by atoms with van der Waals surface area (Å²) in [6, 6.07) is 15.2. The predicted octanol–water partition coefficient (Wildman–Crippen LogP) is 3.86. The molecule has 3 rings (SSSR count). The van der Waals surface area contributed by atoms with Crippen molar-refractivity contribution in [1.82, 2.24) is 4.98 Å². The number of halogens is 1. The molecule has 0 aliphatic carbocycles. The van der Waals surface area contributed by atoms with E-state index in [-0.39, 0.29) is 10.6 Å². The van der Waals surface area contributed by atoms with Gasteiger partial charge in [-0.15, -0.1) is 0 Å². The van der Waals surface area contributed by atoms with Crippen molar-refractivity contribution in [3.63, 3.8) is 0 Å². The molecular formula is C16H12ClNO2. The maximum absolute atomic E-state index is 11.7. The zero-order chi connectivity index (χ0) is 14.1. The lowest BCUT2D eigenvalue weighted by molar-refractivity contribution is 0.415. The number of aromatic amines is 1. The number of rotatable bonds is 2. The van der Waals surface area contributed by atoms with E-state index in [0.29, 0.717) is 0 Å². The Balaban J connectivity index is 2.24. The minimum Gasteiger partial charge on any atom is -0.497 e. The number of benzene rings is 2. The Morgan fingerprint density at radius 1 is 1.10 bits per heavy atom. The topological polar surface area (TPSA) is 42.1 Å². The number of ether oxygens (including phenoxy) is 1. The van der Waals surface area contributed by atoms with Crippen LogP contribution in [0.2, 0.25) is 5.02 Å². The van der Waals surface area contributed by atoms with Gasteiger partial charge in [-0.25, -0.2) is 0 Å². The lowest BCUT2D eigenvalue weighted by Gasteiger charge is -2.08. The second kappa shape index (κ2) is 5.02.